The fourth-order valence-electron chi connectivity index (χ4n) is 1.85. The van der Waals surface area contributed by atoms with Gasteiger partial charge in [-0.25, -0.2) is 9.59 Å². The Labute approximate surface area is 184 Å². The number of esters is 2. The van der Waals surface area contributed by atoms with Gasteiger partial charge < -0.3 is 9.47 Å². The summed E-state index contributed by atoms with van der Waals surface area (Å²) < 4.78 is 37.8. The molecule has 7 nitrogen and oxygen atoms in total. The number of unbranched alkanes of at least 4 members (excludes halogenated alkanes) is 5. The van der Waals surface area contributed by atoms with Crippen LogP contribution in [0, 0.1) is 0 Å². The van der Waals surface area contributed by atoms with Gasteiger partial charge in [-0.2, -0.15) is 8.42 Å². The molecule has 0 aliphatic carbocycles. The molecule has 0 atom stereocenters. The molecule has 0 saturated heterocycles. The first-order chi connectivity index (χ1) is 12.2. The van der Waals surface area contributed by atoms with Gasteiger partial charge in [-0.1, -0.05) is 38.8 Å². The number of carbonyl (C=O) groups excluding carboxylic acids is 2. The van der Waals surface area contributed by atoms with Crippen molar-refractivity contribution < 1.29 is 31.7 Å². The summed E-state index contributed by atoms with van der Waals surface area (Å²) in [6.45, 7) is 10.1. The van der Waals surface area contributed by atoms with Crippen molar-refractivity contribution in [3.8, 4) is 0 Å². The minimum atomic E-state index is -3.60. The van der Waals surface area contributed by atoms with Gasteiger partial charge >= 0.3 is 41.5 Å². The van der Waals surface area contributed by atoms with Crippen molar-refractivity contribution in [1.29, 1.82) is 0 Å². The van der Waals surface area contributed by atoms with E-state index >= 15 is 0 Å². The first-order valence-corrected chi connectivity index (χ1v) is 10.3. The van der Waals surface area contributed by atoms with E-state index in [4.69, 9.17) is 13.7 Å². The van der Waals surface area contributed by atoms with E-state index in [1.165, 1.54) is 6.92 Å². The third-order valence-corrected chi connectivity index (χ3v) is 4.61. The van der Waals surface area contributed by atoms with E-state index in [-0.39, 0.29) is 60.1 Å². The molecule has 9 heteroatoms. The molecule has 0 heterocycles. The molecule has 0 unspecified atom stereocenters. The standard InChI is InChI=1S/C18H30O7S.Na.H/c1-15(2)17(19)23-11-9-7-5-6-8-10-14-26(21,22)25-13-12-24-18(20)16(3)4;;/h1,3,5-14H2,2,4H3;;. The van der Waals surface area contributed by atoms with Crippen LogP contribution in [-0.4, -0.2) is 75.5 Å². The van der Waals surface area contributed by atoms with E-state index < -0.39 is 16.1 Å². The van der Waals surface area contributed by atoms with Gasteiger partial charge in [0.1, 0.15) is 13.2 Å². The second-order valence-corrected chi connectivity index (χ2v) is 7.80. The Morgan fingerprint density at radius 1 is 0.741 bits per heavy atom. The van der Waals surface area contributed by atoms with Gasteiger partial charge in [-0.15, -0.1) is 0 Å². The van der Waals surface area contributed by atoms with Gasteiger partial charge in [0, 0.05) is 11.1 Å². The molecule has 0 bridgehead atoms. The van der Waals surface area contributed by atoms with Crippen LogP contribution in [0.4, 0.5) is 0 Å². The summed E-state index contributed by atoms with van der Waals surface area (Å²) in [5, 5.41) is 0. The third kappa shape index (κ3) is 17.2. The molecule has 0 aromatic carbocycles. The van der Waals surface area contributed by atoms with Crippen molar-refractivity contribution in [2.45, 2.75) is 52.4 Å². The van der Waals surface area contributed by atoms with E-state index in [2.05, 4.69) is 13.2 Å². The summed E-state index contributed by atoms with van der Waals surface area (Å²) in [4.78, 5) is 22.3. The van der Waals surface area contributed by atoms with Crippen LogP contribution >= 0.6 is 0 Å². The van der Waals surface area contributed by atoms with Gasteiger partial charge in [0.15, 0.2) is 0 Å². The Hall–Kier alpha value is -0.670. The maximum absolute atomic E-state index is 11.7. The number of carbonyl (C=O) groups is 2. The third-order valence-electron chi connectivity index (χ3n) is 3.30. The minimum absolute atomic E-state index is 0. The molecule has 152 valence electrons. The van der Waals surface area contributed by atoms with Crippen LogP contribution in [0.5, 0.6) is 0 Å². The van der Waals surface area contributed by atoms with E-state index in [1.54, 1.807) is 6.92 Å². The first kappa shape index (κ1) is 28.5. The van der Waals surface area contributed by atoms with Gasteiger partial charge in [0.2, 0.25) is 0 Å². The molecule has 0 radical (unpaired) electrons. The fourth-order valence-corrected chi connectivity index (χ4v) is 2.85. The number of ether oxygens (including phenoxy) is 2. The molecule has 0 aromatic heterocycles. The normalized spacial score (nSPS) is 10.6. The SMILES string of the molecule is C=C(C)C(=O)OCCCCCCCCS(=O)(=O)OCCOC(=O)C(=C)C.[NaH]. The summed E-state index contributed by atoms with van der Waals surface area (Å²) in [6.07, 6.45) is 4.84. The van der Waals surface area contributed by atoms with Gasteiger partial charge in [-0.3, -0.25) is 4.18 Å². The quantitative estimate of drug-likeness (QED) is 0.133. The van der Waals surface area contributed by atoms with Crippen molar-refractivity contribution in [1.82, 2.24) is 0 Å². The average molecular weight is 414 g/mol. The maximum atomic E-state index is 11.7. The number of hydrogen-bond acceptors (Lipinski definition) is 7. The molecule has 0 amide bonds. The Balaban J connectivity index is 0. The van der Waals surface area contributed by atoms with Gasteiger partial charge in [-0.05, 0) is 26.7 Å². The average Bonchev–Trinajstić information content (AvgIpc) is 2.56. The van der Waals surface area contributed by atoms with Crippen LogP contribution in [0.3, 0.4) is 0 Å². The van der Waals surface area contributed by atoms with Crippen molar-refractivity contribution in [2.75, 3.05) is 25.6 Å². The zero-order chi connectivity index (χ0) is 20.0. The molecular formula is C18H31NaO7S. The first-order valence-electron chi connectivity index (χ1n) is 8.68. The van der Waals surface area contributed by atoms with Crippen LogP contribution in [0.15, 0.2) is 24.3 Å². The molecule has 0 rings (SSSR count). The van der Waals surface area contributed by atoms with Crippen LogP contribution in [0.1, 0.15) is 52.4 Å². The zero-order valence-corrected chi connectivity index (χ0v) is 16.6. The predicted octanol–water partition coefficient (Wildman–Crippen LogP) is 2.26. The van der Waals surface area contributed by atoms with Crippen molar-refractivity contribution in [2.24, 2.45) is 0 Å². The molecule has 0 aromatic rings. The van der Waals surface area contributed by atoms with E-state index in [0.29, 0.717) is 18.6 Å². The van der Waals surface area contributed by atoms with Crippen molar-refractivity contribution in [3.63, 3.8) is 0 Å². The summed E-state index contributed by atoms with van der Waals surface area (Å²) >= 11 is 0. The topological polar surface area (TPSA) is 96.0 Å². The Bertz CT molecular complexity index is 585. The van der Waals surface area contributed by atoms with Gasteiger partial charge in [0.05, 0.1) is 12.4 Å². The van der Waals surface area contributed by atoms with Crippen LogP contribution in [-0.2, 0) is 33.4 Å². The van der Waals surface area contributed by atoms with E-state index in [0.717, 1.165) is 32.1 Å². The summed E-state index contributed by atoms with van der Waals surface area (Å²) in [5.74, 6) is -0.998. The second-order valence-electron chi connectivity index (χ2n) is 6.04. The molecule has 27 heavy (non-hydrogen) atoms. The molecule has 0 fully saturated rings. The monoisotopic (exact) mass is 414 g/mol. The fraction of sp³-hybridized carbons (Fsp3) is 0.667. The Morgan fingerprint density at radius 2 is 1.19 bits per heavy atom. The van der Waals surface area contributed by atoms with Gasteiger partial charge in [0.25, 0.3) is 10.1 Å². The van der Waals surface area contributed by atoms with Crippen LogP contribution in [0.2, 0.25) is 0 Å². The van der Waals surface area contributed by atoms with E-state index in [9.17, 15) is 18.0 Å². The summed E-state index contributed by atoms with van der Waals surface area (Å²) in [5.41, 5.74) is 0.643. The molecule has 0 saturated carbocycles. The Kier molecular flexibility index (Phi) is 17.2. The zero-order valence-electron chi connectivity index (χ0n) is 15.8. The molecule has 0 spiro atoms. The van der Waals surface area contributed by atoms with Crippen LogP contribution in [0.25, 0.3) is 0 Å². The van der Waals surface area contributed by atoms with E-state index in [1.807, 2.05) is 0 Å². The Morgan fingerprint density at radius 3 is 1.70 bits per heavy atom. The van der Waals surface area contributed by atoms with Crippen molar-refractivity contribution >= 4 is 51.6 Å². The molecular weight excluding hydrogens is 383 g/mol. The van der Waals surface area contributed by atoms with Crippen LogP contribution < -0.4 is 0 Å². The summed E-state index contributed by atoms with van der Waals surface area (Å²) in [7, 11) is -3.60. The molecule has 0 N–H and O–H groups in total. The number of hydrogen-bond donors (Lipinski definition) is 0. The predicted molar refractivity (Wildman–Crippen MR) is 106 cm³/mol. The number of rotatable bonds is 15. The summed E-state index contributed by atoms with van der Waals surface area (Å²) in [6, 6.07) is 0. The molecule has 0 aliphatic heterocycles. The van der Waals surface area contributed by atoms with Crippen molar-refractivity contribution in [3.05, 3.63) is 24.3 Å². The second kappa shape index (κ2) is 16.3. The molecule has 0 aliphatic rings.